The standard InChI is InChI=1S/C35H42NO3P/c37-35(31-18-17-25-36-30-31)39-28-27-38-26-15-4-2-1-3-5-16-29-40(32-19-9-6-10-20-32,33-21-11-7-12-22-33)34-23-13-8-14-24-34/h6-14,17-25,30,40H,1-5,15-16,26-29H2. The molecule has 1 heterocycles. The van der Waals surface area contributed by atoms with Crippen LogP contribution in [0, 0.1) is 0 Å². The molecule has 3 aromatic carbocycles. The molecule has 0 amide bonds. The van der Waals surface area contributed by atoms with Gasteiger partial charge in [-0.2, -0.15) is 0 Å². The van der Waals surface area contributed by atoms with Gasteiger partial charge in [-0.1, -0.05) is 0 Å². The number of carbonyl (C=O) groups excluding carboxylic acids is 1. The minimum Gasteiger partial charge on any atom is -0.264 e. The summed E-state index contributed by atoms with van der Waals surface area (Å²) in [5.74, 6) is -0.354. The Hall–Kier alpha value is -3.33. The molecular formula is C35H42NO3P. The number of aromatic nitrogens is 1. The quantitative estimate of drug-likeness (QED) is 0.0825. The fourth-order valence-electron chi connectivity index (χ4n) is 5.44. The minimum atomic E-state index is -2.10. The zero-order valence-corrected chi connectivity index (χ0v) is 24.4. The third-order valence-corrected chi connectivity index (χ3v) is 12.6. The summed E-state index contributed by atoms with van der Waals surface area (Å²) < 4.78 is 10.9. The second kappa shape index (κ2) is 16.7. The largest absolute Gasteiger partial charge is 0.264 e. The van der Waals surface area contributed by atoms with Gasteiger partial charge < -0.3 is 4.74 Å². The second-order valence-corrected chi connectivity index (χ2v) is 14.3. The third kappa shape index (κ3) is 8.58. The van der Waals surface area contributed by atoms with Gasteiger partial charge in [0, 0.05) is 12.4 Å². The molecule has 0 bridgehead atoms. The third-order valence-electron chi connectivity index (χ3n) is 7.50. The van der Waals surface area contributed by atoms with Crippen LogP contribution in [0.1, 0.15) is 55.3 Å². The maximum Gasteiger partial charge on any atom is 0.0779 e. The van der Waals surface area contributed by atoms with Gasteiger partial charge >= 0.3 is 196 Å². The maximum atomic E-state index is 11.9. The van der Waals surface area contributed by atoms with Crippen LogP contribution in [0.4, 0.5) is 0 Å². The predicted octanol–water partition coefficient (Wildman–Crippen LogP) is 6.71. The van der Waals surface area contributed by atoms with Crippen LogP contribution in [-0.4, -0.2) is 36.9 Å². The number of hydrogen-bond donors (Lipinski definition) is 0. The Morgan fingerprint density at radius 1 is 0.575 bits per heavy atom. The molecular weight excluding hydrogens is 513 g/mol. The zero-order valence-electron chi connectivity index (χ0n) is 23.4. The van der Waals surface area contributed by atoms with Crippen LogP contribution in [-0.2, 0) is 9.47 Å². The molecule has 5 heteroatoms. The molecule has 1 aromatic heterocycles. The molecule has 0 saturated heterocycles. The van der Waals surface area contributed by atoms with E-state index in [-0.39, 0.29) is 12.6 Å². The topological polar surface area (TPSA) is 48.4 Å². The summed E-state index contributed by atoms with van der Waals surface area (Å²) in [6, 6.07) is 37.1. The number of carbonyl (C=O) groups is 1. The van der Waals surface area contributed by atoms with Gasteiger partial charge in [0.25, 0.3) is 0 Å². The van der Waals surface area contributed by atoms with Crippen LogP contribution >= 0.6 is 7.26 Å². The van der Waals surface area contributed by atoms with Crippen LogP contribution in [0.2, 0.25) is 0 Å². The summed E-state index contributed by atoms with van der Waals surface area (Å²) in [5, 5.41) is 4.50. The second-order valence-electron chi connectivity index (χ2n) is 10.2. The summed E-state index contributed by atoms with van der Waals surface area (Å²) in [6.07, 6.45) is 12.9. The molecule has 0 aliphatic carbocycles. The van der Waals surface area contributed by atoms with Crippen molar-refractivity contribution in [2.45, 2.75) is 44.9 Å². The van der Waals surface area contributed by atoms with Gasteiger partial charge in [-0.25, -0.2) is 4.79 Å². The number of hydrogen-bond acceptors (Lipinski definition) is 4. The fraction of sp³-hybridized carbons (Fsp3) is 0.314. The van der Waals surface area contributed by atoms with Crippen molar-refractivity contribution in [3.05, 3.63) is 121 Å². The van der Waals surface area contributed by atoms with E-state index in [2.05, 4.69) is 96.0 Å². The van der Waals surface area contributed by atoms with E-state index in [0.29, 0.717) is 18.8 Å². The van der Waals surface area contributed by atoms with E-state index in [1.165, 1.54) is 66.8 Å². The molecule has 4 nitrogen and oxygen atoms in total. The number of pyridine rings is 1. The van der Waals surface area contributed by atoms with Gasteiger partial charge in [-0.3, -0.25) is 4.98 Å². The normalized spacial score (nSPS) is 11.7. The molecule has 40 heavy (non-hydrogen) atoms. The molecule has 4 aromatic rings. The van der Waals surface area contributed by atoms with Gasteiger partial charge in [0.15, 0.2) is 0 Å². The Morgan fingerprint density at radius 2 is 1.10 bits per heavy atom. The first-order chi connectivity index (χ1) is 19.8. The molecule has 4 rings (SSSR count). The van der Waals surface area contributed by atoms with Crippen molar-refractivity contribution < 1.29 is 14.3 Å². The first kappa shape index (κ1) is 29.6. The number of benzene rings is 3. The Labute approximate surface area is 240 Å². The Bertz CT molecular complexity index is 1140. The maximum absolute atomic E-state index is 11.9. The van der Waals surface area contributed by atoms with E-state index < -0.39 is 7.26 Å². The van der Waals surface area contributed by atoms with Crippen LogP contribution < -0.4 is 15.9 Å². The minimum absolute atomic E-state index is 0.271. The van der Waals surface area contributed by atoms with E-state index in [0.717, 1.165) is 6.42 Å². The van der Waals surface area contributed by atoms with Crippen LogP contribution in [0.3, 0.4) is 0 Å². The summed E-state index contributed by atoms with van der Waals surface area (Å²) in [5.41, 5.74) is 0.468. The van der Waals surface area contributed by atoms with Crippen molar-refractivity contribution in [3.63, 3.8) is 0 Å². The molecule has 210 valence electrons. The molecule has 0 unspecified atom stereocenters. The number of rotatable bonds is 17. The van der Waals surface area contributed by atoms with Crippen molar-refractivity contribution in [2.24, 2.45) is 0 Å². The van der Waals surface area contributed by atoms with E-state index in [4.69, 9.17) is 9.47 Å². The molecule has 0 fully saturated rings. The summed E-state index contributed by atoms with van der Waals surface area (Å²) in [6.45, 7) is 1.42. The van der Waals surface area contributed by atoms with Crippen LogP contribution in [0.25, 0.3) is 0 Å². The number of esters is 1. The van der Waals surface area contributed by atoms with Gasteiger partial charge in [0.1, 0.15) is 0 Å². The average molecular weight is 556 g/mol. The monoisotopic (exact) mass is 555 g/mol. The Morgan fingerprint density at radius 3 is 1.62 bits per heavy atom. The van der Waals surface area contributed by atoms with Crippen molar-refractivity contribution in [3.8, 4) is 0 Å². The summed E-state index contributed by atoms with van der Waals surface area (Å²) >= 11 is 0. The molecule has 0 N–H and O–H groups in total. The number of ether oxygens (including phenoxy) is 2. The average Bonchev–Trinajstić information content (AvgIpc) is 3.03. The van der Waals surface area contributed by atoms with Crippen molar-refractivity contribution in [2.75, 3.05) is 26.0 Å². The van der Waals surface area contributed by atoms with Gasteiger partial charge in [0.2, 0.25) is 0 Å². The van der Waals surface area contributed by atoms with E-state index in [1.807, 2.05) is 0 Å². The summed E-state index contributed by atoms with van der Waals surface area (Å²) in [4.78, 5) is 15.8. The van der Waals surface area contributed by atoms with Crippen LogP contribution in [0.15, 0.2) is 116 Å². The van der Waals surface area contributed by atoms with Crippen molar-refractivity contribution >= 4 is 29.1 Å². The first-order valence-electron chi connectivity index (χ1n) is 14.6. The molecule has 0 spiro atoms. The van der Waals surface area contributed by atoms with Crippen molar-refractivity contribution in [1.82, 2.24) is 4.98 Å². The Kier molecular flexibility index (Phi) is 12.4. The fourth-order valence-corrected chi connectivity index (χ4v) is 10.4. The smallest absolute Gasteiger partial charge is 0.0779 e. The van der Waals surface area contributed by atoms with Gasteiger partial charge in [0.05, 0.1) is 5.56 Å². The van der Waals surface area contributed by atoms with Gasteiger partial charge in [-0.15, -0.1) is 0 Å². The van der Waals surface area contributed by atoms with Crippen molar-refractivity contribution in [1.29, 1.82) is 0 Å². The molecule has 0 radical (unpaired) electrons. The van der Waals surface area contributed by atoms with E-state index >= 15 is 0 Å². The first-order valence-corrected chi connectivity index (χ1v) is 16.8. The SMILES string of the molecule is O=C(OCCOCCCCCCCCC[PH](c1ccccc1)(c1ccccc1)c1ccccc1)c1cccnc1. The van der Waals surface area contributed by atoms with Gasteiger partial charge in [-0.05, 0) is 12.1 Å². The number of unbranched alkanes of at least 4 members (excludes halogenated alkanes) is 6. The molecule has 0 saturated carbocycles. The molecule has 0 aliphatic heterocycles. The van der Waals surface area contributed by atoms with E-state index in [1.54, 1.807) is 18.3 Å². The molecule has 0 aliphatic rings. The van der Waals surface area contributed by atoms with Crippen LogP contribution in [0.5, 0.6) is 0 Å². The molecule has 0 atom stereocenters. The number of nitrogens with zero attached hydrogens (tertiary/aromatic N) is 1. The Balaban J connectivity index is 1.16. The zero-order chi connectivity index (χ0) is 27.7. The predicted molar refractivity (Wildman–Crippen MR) is 169 cm³/mol. The summed E-state index contributed by atoms with van der Waals surface area (Å²) in [7, 11) is -2.10. The van der Waals surface area contributed by atoms with E-state index in [9.17, 15) is 4.79 Å².